The average Bonchev–Trinajstić information content (AvgIpc) is 2.48. The van der Waals surface area contributed by atoms with Crippen molar-refractivity contribution in [1.82, 2.24) is 16.0 Å². The van der Waals surface area contributed by atoms with Crippen LogP contribution in [0.2, 0.25) is 0 Å². The summed E-state index contributed by atoms with van der Waals surface area (Å²) in [5.41, 5.74) is 2.41. The first-order valence-electron chi connectivity index (χ1n) is 7.86. The molecule has 3 atom stereocenters. The maximum Gasteiger partial charge on any atom is 0.315 e. The molecule has 1 saturated heterocycles. The summed E-state index contributed by atoms with van der Waals surface area (Å²) in [4.78, 5) is 23.8. The van der Waals surface area contributed by atoms with Crippen molar-refractivity contribution in [2.75, 3.05) is 13.1 Å². The van der Waals surface area contributed by atoms with E-state index in [4.69, 9.17) is 0 Å². The van der Waals surface area contributed by atoms with Gasteiger partial charge in [0.15, 0.2) is 0 Å². The fourth-order valence-electron chi connectivity index (χ4n) is 2.70. The Kier molecular flexibility index (Phi) is 5.41. The van der Waals surface area contributed by atoms with Gasteiger partial charge in [-0.1, -0.05) is 43.7 Å². The van der Waals surface area contributed by atoms with Gasteiger partial charge >= 0.3 is 6.03 Å². The number of aryl methyl sites for hydroxylation is 1. The molecule has 5 nitrogen and oxygen atoms in total. The number of urea groups is 1. The molecule has 5 heteroatoms. The summed E-state index contributed by atoms with van der Waals surface area (Å²) in [6.45, 7) is 7.34. The molecule has 0 spiro atoms. The van der Waals surface area contributed by atoms with Crippen molar-refractivity contribution >= 4 is 11.9 Å². The Balaban J connectivity index is 1.83. The molecule has 1 fully saturated rings. The van der Waals surface area contributed by atoms with Gasteiger partial charge in [0.05, 0.1) is 0 Å². The summed E-state index contributed by atoms with van der Waals surface area (Å²) in [5, 5.41) is 8.42. The van der Waals surface area contributed by atoms with Gasteiger partial charge in [-0.25, -0.2) is 4.79 Å². The third kappa shape index (κ3) is 4.23. The Morgan fingerprint density at radius 2 is 2.23 bits per heavy atom. The minimum atomic E-state index is -0.442. The fraction of sp³-hybridized carbons (Fsp3) is 0.529. The van der Waals surface area contributed by atoms with E-state index in [-0.39, 0.29) is 23.8 Å². The lowest BCUT2D eigenvalue weighted by Crippen LogP contribution is -2.56. The van der Waals surface area contributed by atoms with Gasteiger partial charge in [0.2, 0.25) is 5.91 Å². The lowest BCUT2D eigenvalue weighted by Gasteiger charge is -2.29. The van der Waals surface area contributed by atoms with Crippen molar-refractivity contribution in [1.29, 1.82) is 0 Å². The molecule has 1 aromatic carbocycles. The van der Waals surface area contributed by atoms with E-state index < -0.39 is 6.04 Å². The predicted octanol–water partition coefficient (Wildman–Crippen LogP) is 1.92. The Labute approximate surface area is 131 Å². The van der Waals surface area contributed by atoms with Crippen molar-refractivity contribution in [3.05, 3.63) is 35.4 Å². The van der Waals surface area contributed by atoms with E-state index in [1.807, 2.05) is 13.0 Å². The zero-order chi connectivity index (χ0) is 16.1. The zero-order valence-electron chi connectivity index (χ0n) is 13.5. The number of carbonyl (C=O) groups excluding carboxylic acids is 2. The Hall–Kier alpha value is -2.04. The second-order valence-electron chi connectivity index (χ2n) is 6.20. The SMILES string of the molecule is Cc1cccc([C@H](C)CNC(=O)N[C@@H]2C(=O)NCC[C@H]2C)c1. The van der Waals surface area contributed by atoms with E-state index in [2.05, 4.69) is 48.0 Å². The molecule has 120 valence electrons. The Bertz CT molecular complexity index is 544. The van der Waals surface area contributed by atoms with Gasteiger partial charge in [-0.2, -0.15) is 0 Å². The van der Waals surface area contributed by atoms with Crippen LogP contribution in [-0.4, -0.2) is 31.1 Å². The van der Waals surface area contributed by atoms with Crippen molar-refractivity contribution in [3.8, 4) is 0 Å². The van der Waals surface area contributed by atoms with E-state index in [0.717, 1.165) is 6.42 Å². The van der Waals surface area contributed by atoms with E-state index in [1.54, 1.807) is 0 Å². The second kappa shape index (κ2) is 7.29. The van der Waals surface area contributed by atoms with Crippen molar-refractivity contribution in [3.63, 3.8) is 0 Å². The Morgan fingerprint density at radius 3 is 2.91 bits per heavy atom. The Morgan fingerprint density at radius 1 is 1.45 bits per heavy atom. The predicted molar refractivity (Wildman–Crippen MR) is 86.7 cm³/mol. The van der Waals surface area contributed by atoms with E-state index >= 15 is 0 Å². The number of carbonyl (C=O) groups is 2. The van der Waals surface area contributed by atoms with Crippen molar-refractivity contribution in [2.45, 2.75) is 39.2 Å². The standard InChI is InChI=1S/C17H25N3O2/c1-11-5-4-6-14(9-11)13(3)10-19-17(22)20-15-12(2)7-8-18-16(15)21/h4-6,9,12-13,15H,7-8,10H2,1-3H3,(H,18,21)(H2,19,20,22)/t12-,13-,15+/m1/s1. The van der Waals surface area contributed by atoms with Crippen LogP contribution in [0, 0.1) is 12.8 Å². The van der Waals surface area contributed by atoms with Gasteiger partial charge in [0, 0.05) is 13.1 Å². The van der Waals surface area contributed by atoms with Gasteiger partial charge in [0.25, 0.3) is 0 Å². The number of piperidine rings is 1. The molecule has 0 aromatic heterocycles. The smallest absolute Gasteiger partial charge is 0.315 e. The first kappa shape index (κ1) is 16.3. The lowest BCUT2D eigenvalue weighted by atomic mass is 9.94. The van der Waals surface area contributed by atoms with Crippen molar-refractivity contribution in [2.24, 2.45) is 5.92 Å². The molecule has 2 rings (SSSR count). The molecule has 0 aliphatic carbocycles. The maximum atomic E-state index is 12.0. The highest BCUT2D eigenvalue weighted by atomic mass is 16.2. The molecule has 0 bridgehead atoms. The van der Waals surface area contributed by atoms with Gasteiger partial charge in [0.1, 0.15) is 6.04 Å². The molecule has 0 unspecified atom stereocenters. The number of rotatable bonds is 4. The summed E-state index contributed by atoms with van der Waals surface area (Å²) in [6.07, 6.45) is 0.885. The molecular formula is C17H25N3O2. The molecule has 1 heterocycles. The van der Waals surface area contributed by atoms with Crippen LogP contribution in [0.25, 0.3) is 0 Å². The number of benzene rings is 1. The highest BCUT2D eigenvalue weighted by Gasteiger charge is 2.29. The van der Waals surface area contributed by atoms with Crippen LogP contribution in [0.5, 0.6) is 0 Å². The van der Waals surface area contributed by atoms with Crippen LogP contribution in [0.1, 0.15) is 37.3 Å². The van der Waals surface area contributed by atoms with Crippen molar-refractivity contribution < 1.29 is 9.59 Å². The van der Waals surface area contributed by atoms with Gasteiger partial charge in [-0.05, 0) is 30.7 Å². The summed E-state index contributed by atoms with van der Waals surface area (Å²) >= 11 is 0. The molecule has 1 aliphatic rings. The molecule has 22 heavy (non-hydrogen) atoms. The third-order valence-corrected chi connectivity index (χ3v) is 4.22. The molecular weight excluding hydrogens is 278 g/mol. The van der Waals surface area contributed by atoms with Gasteiger partial charge in [-0.3, -0.25) is 4.79 Å². The quantitative estimate of drug-likeness (QED) is 0.795. The molecule has 1 aromatic rings. The number of hydrogen-bond acceptors (Lipinski definition) is 2. The number of nitrogens with one attached hydrogen (secondary N) is 3. The van der Waals surface area contributed by atoms with E-state index in [0.29, 0.717) is 13.1 Å². The summed E-state index contributed by atoms with van der Waals surface area (Å²) in [7, 11) is 0. The highest BCUT2D eigenvalue weighted by molar-refractivity contribution is 5.87. The lowest BCUT2D eigenvalue weighted by molar-refractivity contribution is -0.125. The zero-order valence-corrected chi connectivity index (χ0v) is 13.5. The van der Waals surface area contributed by atoms with Crippen LogP contribution in [0.15, 0.2) is 24.3 Å². The van der Waals surface area contributed by atoms with Gasteiger partial charge < -0.3 is 16.0 Å². The highest BCUT2D eigenvalue weighted by Crippen LogP contribution is 2.15. The largest absolute Gasteiger partial charge is 0.354 e. The number of hydrogen-bond donors (Lipinski definition) is 3. The number of amides is 3. The summed E-state index contributed by atoms with van der Waals surface area (Å²) < 4.78 is 0. The average molecular weight is 303 g/mol. The van der Waals surface area contributed by atoms with Gasteiger partial charge in [-0.15, -0.1) is 0 Å². The second-order valence-corrected chi connectivity index (χ2v) is 6.20. The molecule has 1 aliphatic heterocycles. The molecule has 0 radical (unpaired) electrons. The maximum absolute atomic E-state index is 12.0. The first-order chi connectivity index (χ1) is 10.5. The molecule has 3 amide bonds. The van der Waals surface area contributed by atoms with Crippen LogP contribution in [0.3, 0.4) is 0 Å². The van der Waals surface area contributed by atoms with Crippen LogP contribution in [-0.2, 0) is 4.79 Å². The normalized spacial score (nSPS) is 22.6. The summed E-state index contributed by atoms with van der Waals surface area (Å²) in [5.74, 6) is 0.289. The van der Waals surface area contributed by atoms with Crippen LogP contribution in [0.4, 0.5) is 4.79 Å². The van der Waals surface area contributed by atoms with Crippen LogP contribution >= 0.6 is 0 Å². The first-order valence-corrected chi connectivity index (χ1v) is 7.86. The topological polar surface area (TPSA) is 70.2 Å². The minimum absolute atomic E-state index is 0.0966. The van der Waals surface area contributed by atoms with E-state index in [1.165, 1.54) is 11.1 Å². The summed E-state index contributed by atoms with van der Waals surface area (Å²) in [6, 6.07) is 7.54. The van der Waals surface area contributed by atoms with Crippen LogP contribution < -0.4 is 16.0 Å². The monoisotopic (exact) mass is 303 g/mol. The van der Waals surface area contributed by atoms with E-state index in [9.17, 15) is 9.59 Å². The minimum Gasteiger partial charge on any atom is -0.354 e. The molecule has 0 saturated carbocycles. The molecule has 3 N–H and O–H groups in total. The fourth-order valence-corrected chi connectivity index (χ4v) is 2.70. The third-order valence-electron chi connectivity index (χ3n) is 4.22.